The predicted octanol–water partition coefficient (Wildman–Crippen LogP) is 5.77. The van der Waals surface area contributed by atoms with Crippen molar-refractivity contribution in [3.63, 3.8) is 0 Å². The fraction of sp³-hybridized carbons (Fsp3) is 0.414. The maximum Gasteiger partial charge on any atom is 0.304 e. The number of hydrogen-bond donors (Lipinski definition) is 1. The number of aromatic nitrogens is 2. The van der Waals surface area contributed by atoms with Gasteiger partial charge in [0.15, 0.2) is 5.13 Å². The lowest BCUT2D eigenvalue weighted by molar-refractivity contribution is -0.140. The second kappa shape index (κ2) is 11.6. The molecule has 1 saturated heterocycles. The van der Waals surface area contributed by atoms with Gasteiger partial charge in [-0.25, -0.2) is 9.97 Å². The molecule has 8 nitrogen and oxygen atoms in total. The lowest BCUT2D eigenvalue weighted by atomic mass is 9.90. The molecule has 1 N–H and O–H groups in total. The van der Waals surface area contributed by atoms with Crippen LogP contribution in [0.5, 0.6) is 0 Å². The first kappa shape index (κ1) is 26.9. The van der Waals surface area contributed by atoms with E-state index in [1.807, 2.05) is 18.2 Å². The summed E-state index contributed by atoms with van der Waals surface area (Å²) in [6.07, 6.45) is 7.47. The fourth-order valence-electron chi connectivity index (χ4n) is 5.64. The van der Waals surface area contributed by atoms with Gasteiger partial charge in [-0.2, -0.15) is 4.39 Å². The van der Waals surface area contributed by atoms with Crippen LogP contribution in [0, 0.1) is 17.0 Å². The summed E-state index contributed by atoms with van der Waals surface area (Å²) in [6.45, 7) is 0.648. The Morgan fingerprint density at radius 2 is 1.90 bits per heavy atom. The molecule has 1 aliphatic carbocycles. The molecule has 3 aromatic rings. The first-order valence-electron chi connectivity index (χ1n) is 13.3. The minimum Gasteiger partial charge on any atom is -0.481 e. The molecule has 2 fully saturated rings. The quantitative estimate of drug-likeness (QED) is 0.363. The molecule has 10 heteroatoms. The molecular weight excluding hydrogens is 519 g/mol. The third-order valence-electron chi connectivity index (χ3n) is 7.65. The Kier molecular flexibility index (Phi) is 8.02. The second-order valence-electron chi connectivity index (χ2n) is 10.3. The number of nitrogens with zero attached hydrogens (tertiary/aromatic N) is 4. The molecule has 3 heterocycles. The number of carbonyl (C=O) groups excluding carboxylic acids is 2. The Morgan fingerprint density at radius 3 is 2.54 bits per heavy atom. The number of carbonyl (C=O) groups is 3. The van der Waals surface area contributed by atoms with Gasteiger partial charge in [0.05, 0.1) is 6.42 Å². The van der Waals surface area contributed by atoms with Gasteiger partial charge in [0.25, 0.3) is 0 Å². The summed E-state index contributed by atoms with van der Waals surface area (Å²) in [6, 6.07) is 10.9. The molecule has 5 rings (SSSR count). The normalized spacial score (nSPS) is 16.6. The Hall–Kier alpha value is -3.66. The van der Waals surface area contributed by atoms with Gasteiger partial charge >= 0.3 is 5.97 Å². The van der Waals surface area contributed by atoms with Crippen LogP contribution in [0.1, 0.15) is 51.4 Å². The number of carboxylic acid groups (broad SMARTS) is 1. The molecule has 0 radical (unpaired) electrons. The van der Waals surface area contributed by atoms with Gasteiger partial charge in [0, 0.05) is 43.3 Å². The first-order valence-corrected chi connectivity index (χ1v) is 14.2. The number of anilines is 2. The fourth-order valence-corrected chi connectivity index (χ4v) is 6.41. The van der Waals surface area contributed by atoms with Crippen molar-refractivity contribution >= 4 is 40.1 Å². The number of aliphatic carboxylic acids is 1. The maximum atomic E-state index is 15.3. The molecule has 39 heavy (non-hydrogen) atoms. The van der Waals surface area contributed by atoms with Crippen molar-refractivity contribution in [2.45, 2.75) is 51.4 Å². The number of rotatable bonds is 9. The summed E-state index contributed by atoms with van der Waals surface area (Å²) in [7, 11) is 1.53. The molecule has 2 aromatic heterocycles. The van der Waals surface area contributed by atoms with Crippen LogP contribution >= 0.6 is 11.3 Å². The van der Waals surface area contributed by atoms with Gasteiger partial charge in [0.2, 0.25) is 16.9 Å². The standard InChI is InChI=1S/C29H31FN4O4S/c1-33(28(38)20(16-25(36)37)15-18-7-2-3-8-18)29-32-26(27(30)39-29)22-10-5-4-9-21(22)19-12-13-23(31-17-19)34-14-6-11-24(34)35/h4-5,9-10,12-13,17-18,20H,2-3,6-8,11,14-16H2,1H3,(H,36,37). The lowest BCUT2D eigenvalue weighted by Crippen LogP contribution is -2.35. The van der Waals surface area contributed by atoms with Gasteiger partial charge in [-0.15, -0.1) is 0 Å². The molecule has 1 atom stereocenters. The van der Waals surface area contributed by atoms with Crippen molar-refractivity contribution in [3.8, 4) is 22.4 Å². The van der Waals surface area contributed by atoms with Crippen LogP contribution in [0.2, 0.25) is 0 Å². The third-order valence-corrected chi connectivity index (χ3v) is 8.57. The van der Waals surface area contributed by atoms with Crippen LogP contribution in [-0.2, 0) is 14.4 Å². The summed E-state index contributed by atoms with van der Waals surface area (Å²) in [5, 5.41) is 9.07. The van der Waals surface area contributed by atoms with Crippen LogP contribution in [0.25, 0.3) is 22.4 Å². The maximum absolute atomic E-state index is 15.3. The molecular formula is C29H31FN4O4S. The Balaban J connectivity index is 1.40. The molecule has 0 bridgehead atoms. The van der Waals surface area contributed by atoms with Gasteiger partial charge in [-0.05, 0) is 36.5 Å². The number of thiazole rings is 1. The second-order valence-corrected chi connectivity index (χ2v) is 11.2. The molecule has 2 amide bonds. The van der Waals surface area contributed by atoms with Crippen LogP contribution < -0.4 is 9.80 Å². The number of benzene rings is 1. The SMILES string of the molecule is CN(C(=O)C(CC(=O)O)CC1CCCC1)c1nc(-c2ccccc2-c2ccc(N3CCCC3=O)nc2)c(F)s1. The van der Waals surface area contributed by atoms with E-state index >= 15 is 4.39 Å². The van der Waals surface area contributed by atoms with Crippen molar-refractivity contribution in [2.24, 2.45) is 11.8 Å². The molecule has 1 aliphatic heterocycles. The highest BCUT2D eigenvalue weighted by Gasteiger charge is 2.31. The minimum atomic E-state index is -1.02. The summed E-state index contributed by atoms with van der Waals surface area (Å²) >= 11 is 0.768. The highest BCUT2D eigenvalue weighted by atomic mass is 32.1. The lowest BCUT2D eigenvalue weighted by Gasteiger charge is -2.23. The summed E-state index contributed by atoms with van der Waals surface area (Å²) in [5.41, 5.74) is 2.14. The van der Waals surface area contributed by atoms with Crippen molar-refractivity contribution in [3.05, 3.63) is 47.7 Å². The van der Waals surface area contributed by atoms with Crippen LogP contribution in [0.3, 0.4) is 0 Å². The van der Waals surface area contributed by atoms with Crippen molar-refractivity contribution in [1.82, 2.24) is 9.97 Å². The number of amides is 2. The first-order chi connectivity index (χ1) is 18.8. The summed E-state index contributed by atoms with van der Waals surface area (Å²) in [4.78, 5) is 48.9. The molecule has 204 valence electrons. The molecule has 1 saturated carbocycles. The Morgan fingerprint density at radius 1 is 1.15 bits per heavy atom. The largest absolute Gasteiger partial charge is 0.481 e. The van der Waals surface area contributed by atoms with Crippen LogP contribution in [0.4, 0.5) is 15.3 Å². The van der Waals surface area contributed by atoms with E-state index in [2.05, 4.69) is 9.97 Å². The zero-order chi connectivity index (χ0) is 27.5. The van der Waals surface area contributed by atoms with E-state index in [1.54, 1.807) is 29.3 Å². The summed E-state index contributed by atoms with van der Waals surface area (Å²) in [5.74, 6) is -1.06. The molecule has 1 unspecified atom stereocenters. The van der Waals surface area contributed by atoms with E-state index in [0.29, 0.717) is 36.7 Å². The average Bonchev–Trinajstić information content (AvgIpc) is 3.69. The molecule has 0 spiro atoms. The van der Waals surface area contributed by atoms with E-state index in [0.717, 1.165) is 54.6 Å². The monoisotopic (exact) mass is 550 g/mol. The van der Waals surface area contributed by atoms with E-state index in [4.69, 9.17) is 0 Å². The van der Waals surface area contributed by atoms with E-state index in [-0.39, 0.29) is 29.1 Å². The number of halogens is 1. The average molecular weight is 551 g/mol. The van der Waals surface area contributed by atoms with Gasteiger partial charge in [-0.1, -0.05) is 61.3 Å². The van der Waals surface area contributed by atoms with Crippen LogP contribution in [-0.4, -0.2) is 46.5 Å². The molecule has 1 aromatic carbocycles. The van der Waals surface area contributed by atoms with Crippen molar-refractivity contribution in [1.29, 1.82) is 0 Å². The van der Waals surface area contributed by atoms with Gasteiger partial charge in [0.1, 0.15) is 11.5 Å². The van der Waals surface area contributed by atoms with Gasteiger partial charge < -0.3 is 5.11 Å². The minimum absolute atomic E-state index is 0.0558. The van der Waals surface area contributed by atoms with Gasteiger partial charge in [-0.3, -0.25) is 24.2 Å². The van der Waals surface area contributed by atoms with Crippen LogP contribution in [0.15, 0.2) is 42.6 Å². The van der Waals surface area contributed by atoms with E-state index in [1.165, 1.54) is 11.9 Å². The van der Waals surface area contributed by atoms with Crippen molar-refractivity contribution < 1.29 is 23.9 Å². The van der Waals surface area contributed by atoms with Crippen molar-refractivity contribution in [2.75, 3.05) is 23.4 Å². The zero-order valence-electron chi connectivity index (χ0n) is 21.8. The predicted molar refractivity (Wildman–Crippen MR) is 148 cm³/mol. The number of pyridine rings is 1. The van der Waals surface area contributed by atoms with E-state index < -0.39 is 17.0 Å². The number of hydrogen-bond acceptors (Lipinski definition) is 6. The Labute approximate surface area is 230 Å². The zero-order valence-corrected chi connectivity index (χ0v) is 22.6. The highest BCUT2D eigenvalue weighted by Crippen LogP contribution is 2.38. The highest BCUT2D eigenvalue weighted by molar-refractivity contribution is 7.14. The number of carboxylic acids is 1. The summed E-state index contributed by atoms with van der Waals surface area (Å²) < 4.78 is 15.3. The molecule has 2 aliphatic rings. The van der Waals surface area contributed by atoms with E-state index in [9.17, 15) is 19.5 Å². The Bertz CT molecular complexity index is 1370. The third kappa shape index (κ3) is 5.85. The topological polar surface area (TPSA) is 104 Å². The smallest absolute Gasteiger partial charge is 0.304 e.